The highest BCUT2D eigenvalue weighted by molar-refractivity contribution is 5.99. The molecule has 0 aromatic heterocycles. The summed E-state index contributed by atoms with van der Waals surface area (Å²) in [5.41, 5.74) is 0.609. The summed E-state index contributed by atoms with van der Waals surface area (Å²) >= 11 is 0. The van der Waals surface area contributed by atoms with E-state index in [1.54, 1.807) is 48.5 Å². The Morgan fingerprint density at radius 3 is 2.23 bits per heavy atom. The van der Waals surface area contributed by atoms with Gasteiger partial charge < -0.3 is 14.8 Å². The van der Waals surface area contributed by atoms with Crippen LogP contribution in [-0.2, 0) is 14.9 Å². The van der Waals surface area contributed by atoms with Crippen LogP contribution in [0.25, 0.3) is 0 Å². The van der Waals surface area contributed by atoms with Crippen molar-refractivity contribution in [1.29, 1.82) is 0 Å². The van der Waals surface area contributed by atoms with Crippen molar-refractivity contribution in [3.05, 3.63) is 90.0 Å². The highest BCUT2D eigenvalue weighted by Gasteiger charge is 2.41. The van der Waals surface area contributed by atoms with Gasteiger partial charge in [-0.15, -0.1) is 0 Å². The number of hydrogen-bond acceptors (Lipinski definition) is 3. The van der Waals surface area contributed by atoms with Crippen molar-refractivity contribution < 1.29 is 23.0 Å². The maximum absolute atomic E-state index is 13.4. The van der Waals surface area contributed by atoms with E-state index in [1.807, 2.05) is 0 Å². The summed E-state index contributed by atoms with van der Waals surface area (Å²) in [4.78, 5) is 13.3. The van der Waals surface area contributed by atoms with Crippen molar-refractivity contribution in [2.24, 2.45) is 0 Å². The van der Waals surface area contributed by atoms with E-state index in [-0.39, 0.29) is 17.5 Å². The molecule has 6 heteroatoms. The minimum absolute atomic E-state index is 0.156. The lowest BCUT2D eigenvalue weighted by molar-refractivity contribution is -0.125. The molecular weight excluding hydrogens is 388 g/mol. The molecule has 3 aromatic carbocycles. The van der Waals surface area contributed by atoms with Crippen LogP contribution in [0.15, 0.2) is 72.8 Å². The maximum atomic E-state index is 13.4. The maximum Gasteiger partial charge on any atom is 0.235 e. The normalized spacial score (nSPS) is 15.4. The molecule has 4 rings (SSSR count). The molecule has 0 spiro atoms. The van der Waals surface area contributed by atoms with E-state index in [0.29, 0.717) is 43.2 Å². The molecule has 154 valence electrons. The lowest BCUT2D eigenvalue weighted by Gasteiger charge is -2.36. The molecule has 0 atom stereocenters. The van der Waals surface area contributed by atoms with E-state index in [4.69, 9.17) is 9.47 Å². The van der Waals surface area contributed by atoms with Gasteiger partial charge in [0.2, 0.25) is 5.91 Å². The van der Waals surface area contributed by atoms with Crippen LogP contribution < -0.4 is 10.1 Å². The van der Waals surface area contributed by atoms with Gasteiger partial charge in [0.1, 0.15) is 23.1 Å². The van der Waals surface area contributed by atoms with Gasteiger partial charge in [-0.05, 0) is 66.9 Å². The van der Waals surface area contributed by atoms with Crippen molar-refractivity contribution in [3.63, 3.8) is 0 Å². The highest BCUT2D eigenvalue weighted by Crippen LogP contribution is 2.36. The lowest BCUT2D eigenvalue weighted by atomic mass is 9.73. The van der Waals surface area contributed by atoms with Crippen LogP contribution in [0, 0.1) is 11.6 Å². The predicted octanol–water partition coefficient (Wildman–Crippen LogP) is 5.44. The van der Waals surface area contributed by atoms with Gasteiger partial charge in [-0.25, -0.2) is 8.78 Å². The Kier molecular flexibility index (Phi) is 5.77. The molecule has 3 aromatic rings. The van der Waals surface area contributed by atoms with Crippen molar-refractivity contribution >= 4 is 11.6 Å². The Hall–Kier alpha value is -3.25. The van der Waals surface area contributed by atoms with E-state index in [9.17, 15) is 13.6 Å². The third kappa shape index (κ3) is 4.33. The average Bonchev–Trinajstić information content (AvgIpc) is 2.76. The smallest absolute Gasteiger partial charge is 0.235 e. The molecule has 0 aliphatic carbocycles. The van der Waals surface area contributed by atoms with E-state index in [2.05, 4.69) is 5.32 Å². The van der Waals surface area contributed by atoms with Crippen LogP contribution in [0.1, 0.15) is 18.4 Å². The molecule has 4 nitrogen and oxygen atoms in total. The number of carbonyl (C=O) groups is 1. The Bertz CT molecular complexity index is 1010. The SMILES string of the molecule is O=C(Nc1ccc(Oc2cccc(F)c2)cc1)C1(c2ccc(F)cc2)CCOCC1. The van der Waals surface area contributed by atoms with E-state index in [0.717, 1.165) is 5.56 Å². The standard InChI is InChI=1S/C24H21F2NO3/c25-18-6-4-17(5-7-18)24(12-14-29-15-13-24)23(28)27-20-8-10-21(11-9-20)30-22-3-1-2-19(26)16-22/h1-11,16H,12-15H2,(H,27,28). The molecule has 0 saturated carbocycles. The minimum Gasteiger partial charge on any atom is -0.457 e. The lowest BCUT2D eigenvalue weighted by Crippen LogP contribution is -2.44. The van der Waals surface area contributed by atoms with Gasteiger partial charge in [0, 0.05) is 25.0 Å². The number of ether oxygens (including phenoxy) is 2. The first-order valence-electron chi connectivity index (χ1n) is 9.74. The van der Waals surface area contributed by atoms with Gasteiger partial charge in [-0.3, -0.25) is 4.79 Å². The van der Waals surface area contributed by atoms with Crippen LogP contribution in [0.2, 0.25) is 0 Å². The fourth-order valence-electron chi connectivity index (χ4n) is 3.66. The molecule has 1 fully saturated rings. The van der Waals surface area contributed by atoms with Gasteiger partial charge in [0.25, 0.3) is 0 Å². The molecule has 0 radical (unpaired) electrons. The zero-order valence-corrected chi connectivity index (χ0v) is 16.2. The number of benzene rings is 3. The largest absolute Gasteiger partial charge is 0.457 e. The second-order valence-electron chi connectivity index (χ2n) is 7.24. The van der Waals surface area contributed by atoms with Gasteiger partial charge >= 0.3 is 0 Å². The first kappa shape index (κ1) is 20.0. The average molecular weight is 409 g/mol. The molecule has 1 N–H and O–H groups in total. The van der Waals surface area contributed by atoms with Crippen molar-refractivity contribution in [2.45, 2.75) is 18.3 Å². The predicted molar refractivity (Wildman–Crippen MR) is 110 cm³/mol. The fourth-order valence-corrected chi connectivity index (χ4v) is 3.66. The molecule has 1 heterocycles. The summed E-state index contributed by atoms with van der Waals surface area (Å²) in [6.45, 7) is 0.927. The van der Waals surface area contributed by atoms with E-state index < -0.39 is 5.41 Å². The number of hydrogen-bond donors (Lipinski definition) is 1. The number of halogens is 2. The van der Waals surface area contributed by atoms with Gasteiger partial charge in [0.15, 0.2) is 0 Å². The fraction of sp³-hybridized carbons (Fsp3) is 0.208. The summed E-state index contributed by atoms with van der Waals surface area (Å²) in [6, 6.07) is 18.8. The van der Waals surface area contributed by atoms with Crippen molar-refractivity contribution in [1.82, 2.24) is 0 Å². The summed E-state index contributed by atoms with van der Waals surface area (Å²) < 4.78 is 37.8. The van der Waals surface area contributed by atoms with Crippen LogP contribution in [0.3, 0.4) is 0 Å². The first-order chi connectivity index (χ1) is 14.5. The third-order valence-corrected chi connectivity index (χ3v) is 5.32. The Morgan fingerprint density at radius 2 is 1.57 bits per heavy atom. The summed E-state index contributed by atoms with van der Waals surface area (Å²) in [7, 11) is 0. The molecule has 1 amide bonds. The van der Waals surface area contributed by atoms with Crippen molar-refractivity contribution in [2.75, 3.05) is 18.5 Å². The van der Waals surface area contributed by atoms with Crippen molar-refractivity contribution in [3.8, 4) is 11.5 Å². The summed E-state index contributed by atoms with van der Waals surface area (Å²) in [5.74, 6) is 0.0487. The number of carbonyl (C=O) groups excluding carboxylic acids is 1. The number of amides is 1. The molecule has 0 bridgehead atoms. The van der Waals surface area contributed by atoms with E-state index in [1.165, 1.54) is 24.3 Å². The number of rotatable bonds is 5. The summed E-state index contributed by atoms with van der Waals surface area (Å²) in [6.07, 6.45) is 1.04. The molecule has 1 aliphatic heterocycles. The number of anilines is 1. The second-order valence-corrected chi connectivity index (χ2v) is 7.24. The first-order valence-corrected chi connectivity index (χ1v) is 9.74. The van der Waals surface area contributed by atoms with Crippen LogP contribution in [0.4, 0.5) is 14.5 Å². The molecule has 30 heavy (non-hydrogen) atoms. The Balaban J connectivity index is 1.50. The quantitative estimate of drug-likeness (QED) is 0.610. The van der Waals surface area contributed by atoms with Gasteiger partial charge in [-0.1, -0.05) is 18.2 Å². The molecule has 1 saturated heterocycles. The highest BCUT2D eigenvalue weighted by atomic mass is 19.1. The minimum atomic E-state index is -0.775. The second kappa shape index (κ2) is 8.63. The molecule has 0 unspecified atom stereocenters. The Labute approximate surface area is 173 Å². The van der Waals surface area contributed by atoms with E-state index >= 15 is 0 Å². The van der Waals surface area contributed by atoms with Crippen LogP contribution in [0.5, 0.6) is 11.5 Å². The zero-order chi connectivity index (χ0) is 21.0. The van der Waals surface area contributed by atoms with Gasteiger partial charge in [0.05, 0.1) is 5.41 Å². The van der Waals surface area contributed by atoms with Gasteiger partial charge in [-0.2, -0.15) is 0 Å². The van der Waals surface area contributed by atoms with Crippen LogP contribution >= 0.6 is 0 Å². The van der Waals surface area contributed by atoms with Crippen LogP contribution in [-0.4, -0.2) is 19.1 Å². The Morgan fingerprint density at radius 1 is 0.867 bits per heavy atom. The zero-order valence-electron chi connectivity index (χ0n) is 16.2. The number of nitrogens with one attached hydrogen (secondary N) is 1. The summed E-state index contributed by atoms with van der Waals surface area (Å²) in [5, 5.41) is 2.96. The molecular formula is C24H21F2NO3. The molecule has 1 aliphatic rings. The topological polar surface area (TPSA) is 47.6 Å². The monoisotopic (exact) mass is 409 g/mol. The third-order valence-electron chi connectivity index (χ3n) is 5.32.